The molecule has 2 N–H and O–H groups in total. The fraction of sp³-hybridized carbons (Fsp3) is 0.571. The summed E-state index contributed by atoms with van der Waals surface area (Å²) in [7, 11) is 0. The van der Waals surface area contributed by atoms with E-state index in [0.29, 0.717) is 17.8 Å². The molecule has 1 saturated carbocycles. The molecule has 1 atom stereocenters. The van der Waals surface area contributed by atoms with Crippen LogP contribution < -0.4 is 10.6 Å². The molecule has 4 rings (SSSR count). The number of nitrogens with two attached hydrogens (primary N) is 1. The van der Waals surface area contributed by atoms with E-state index in [9.17, 15) is 4.79 Å². The van der Waals surface area contributed by atoms with Crippen LogP contribution in [0.15, 0.2) is 41.9 Å². The van der Waals surface area contributed by atoms with Crippen LogP contribution in [-0.2, 0) is 4.79 Å². The Hall–Kier alpha value is -1.50. The van der Waals surface area contributed by atoms with Crippen LogP contribution in [0.1, 0.15) is 25.7 Å². The molecule has 146 valence electrons. The van der Waals surface area contributed by atoms with Gasteiger partial charge in [-0.05, 0) is 49.1 Å². The van der Waals surface area contributed by atoms with Gasteiger partial charge >= 0.3 is 0 Å². The third-order valence-corrected chi connectivity index (χ3v) is 7.06. The van der Waals surface area contributed by atoms with Crippen molar-refractivity contribution in [1.29, 1.82) is 0 Å². The first-order chi connectivity index (χ1) is 13.2. The van der Waals surface area contributed by atoms with E-state index in [4.69, 9.17) is 5.73 Å². The second kappa shape index (κ2) is 8.67. The van der Waals surface area contributed by atoms with Gasteiger partial charge in [-0.15, -0.1) is 11.8 Å². The Morgan fingerprint density at radius 2 is 1.74 bits per heavy atom. The Balaban J connectivity index is 1.24. The average Bonchev–Trinajstić information content (AvgIpc) is 3.28. The molecular formula is C21H30N4OS. The van der Waals surface area contributed by atoms with Crippen molar-refractivity contribution in [1.82, 2.24) is 9.80 Å². The van der Waals surface area contributed by atoms with Gasteiger partial charge in [-0.3, -0.25) is 9.69 Å². The molecule has 6 heteroatoms. The van der Waals surface area contributed by atoms with Gasteiger partial charge in [0.15, 0.2) is 0 Å². The monoisotopic (exact) mass is 386 g/mol. The molecule has 0 bridgehead atoms. The SMILES string of the molecule is NC(C(=O)N1C=CSC1)[C@H]1CC[C@@H](N2CCN(c3ccccc3)CC2)CC1. The van der Waals surface area contributed by atoms with Crippen molar-refractivity contribution < 1.29 is 4.79 Å². The number of para-hydroxylation sites is 1. The number of carbonyl (C=O) groups is 1. The van der Waals surface area contributed by atoms with E-state index in [1.165, 1.54) is 18.5 Å². The number of hydrogen-bond acceptors (Lipinski definition) is 5. The largest absolute Gasteiger partial charge is 0.369 e. The van der Waals surface area contributed by atoms with Gasteiger partial charge in [-0.2, -0.15) is 0 Å². The molecule has 1 aromatic carbocycles. The molecule has 1 unspecified atom stereocenters. The highest BCUT2D eigenvalue weighted by Gasteiger charge is 2.34. The van der Waals surface area contributed by atoms with Crippen molar-refractivity contribution in [2.24, 2.45) is 11.7 Å². The molecule has 5 nitrogen and oxygen atoms in total. The molecule has 2 fully saturated rings. The Morgan fingerprint density at radius 3 is 2.37 bits per heavy atom. The van der Waals surface area contributed by atoms with Crippen LogP contribution >= 0.6 is 11.8 Å². The van der Waals surface area contributed by atoms with E-state index in [1.807, 2.05) is 11.6 Å². The number of carbonyl (C=O) groups excluding carboxylic acids is 1. The van der Waals surface area contributed by atoms with Crippen LogP contribution in [0.4, 0.5) is 5.69 Å². The number of benzene rings is 1. The third-order valence-electron chi connectivity index (χ3n) is 6.32. The maximum atomic E-state index is 12.5. The number of piperazine rings is 1. The molecular weight excluding hydrogens is 356 g/mol. The van der Waals surface area contributed by atoms with E-state index < -0.39 is 0 Å². The quantitative estimate of drug-likeness (QED) is 0.862. The summed E-state index contributed by atoms with van der Waals surface area (Å²) in [5, 5.41) is 1.97. The predicted molar refractivity (Wildman–Crippen MR) is 112 cm³/mol. The predicted octanol–water partition coefficient (Wildman–Crippen LogP) is 2.70. The van der Waals surface area contributed by atoms with Gasteiger partial charge in [0.2, 0.25) is 5.91 Å². The summed E-state index contributed by atoms with van der Waals surface area (Å²) in [6.07, 6.45) is 6.34. The Bertz CT molecular complexity index is 651. The van der Waals surface area contributed by atoms with Gasteiger partial charge in [0, 0.05) is 44.1 Å². The molecule has 27 heavy (non-hydrogen) atoms. The number of anilines is 1. The molecule has 1 saturated heterocycles. The summed E-state index contributed by atoms with van der Waals surface area (Å²) < 4.78 is 0. The van der Waals surface area contributed by atoms with E-state index in [1.54, 1.807) is 16.7 Å². The lowest BCUT2D eigenvalue weighted by Crippen LogP contribution is -2.52. The summed E-state index contributed by atoms with van der Waals surface area (Å²) in [6, 6.07) is 11.0. The minimum absolute atomic E-state index is 0.0937. The third kappa shape index (κ3) is 4.33. The van der Waals surface area contributed by atoms with E-state index >= 15 is 0 Å². The van der Waals surface area contributed by atoms with Crippen LogP contribution in [0.25, 0.3) is 0 Å². The van der Waals surface area contributed by atoms with Gasteiger partial charge in [-0.1, -0.05) is 18.2 Å². The number of hydrogen-bond donors (Lipinski definition) is 1. The zero-order valence-electron chi connectivity index (χ0n) is 15.9. The highest BCUT2D eigenvalue weighted by Crippen LogP contribution is 2.31. The fourth-order valence-electron chi connectivity index (χ4n) is 4.62. The number of rotatable bonds is 4. The van der Waals surface area contributed by atoms with Gasteiger partial charge in [0.05, 0.1) is 11.9 Å². The van der Waals surface area contributed by atoms with Crippen LogP contribution in [0.2, 0.25) is 0 Å². The van der Waals surface area contributed by atoms with Gasteiger partial charge in [0.1, 0.15) is 0 Å². The molecule has 2 heterocycles. The number of thioether (sulfide) groups is 1. The Kier molecular flexibility index (Phi) is 6.05. The first-order valence-electron chi connectivity index (χ1n) is 10.1. The second-order valence-corrected chi connectivity index (χ2v) is 8.71. The molecule has 0 radical (unpaired) electrons. The summed E-state index contributed by atoms with van der Waals surface area (Å²) in [5.74, 6) is 1.14. The smallest absolute Gasteiger partial charge is 0.244 e. The minimum Gasteiger partial charge on any atom is -0.369 e. The maximum Gasteiger partial charge on any atom is 0.244 e. The Labute approximate surface area is 166 Å². The standard InChI is InChI=1S/C21H30N4OS/c22-20(21(26)25-14-15-27-16-25)17-6-8-19(9-7-17)24-12-10-23(11-13-24)18-4-2-1-3-5-18/h1-5,14-15,17,19-20H,6-13,16,22H2/t17-,19+,20?. The average molecular weight is 387 g/mol. The van der Waals surface area contributed by atoms with Crippen LogP contribution in [-0.4, -0.2) is 59.8 Å². The summed E-state index contributed by atoms with van der Waals surface area (Å²) in [4.78, 5) is 19.4. The molecule has 1 amide bonds. The van der Waals surface area contributed by atoms with E-state index in [0.717, 1.165) is 39.0 Å². The zero-order chi connectivity index (χ0) is 18.6. The van der Waals surface area contributed by atoms with Crippen molar-refractivity contribution in [3.05, 3.63) is 41.9 Å². The zero-order valence-corrected chi connectivity index (χ0v) is 16.7. The molecule has 0 spiro atoms. The fourth-order valence-corrected chi connectivity index (χ4v) is 5.32. The highest BCUT2D eigenvalue weighted by molar-refractivity contribution is 8.02. The summed E-state index contributed by atoms with van der Waals surface area (Å²) >= 11 is 1.65. The second-order valence-electron chi connectivity index (χ2n) is 7.84. The van der Waals surface area contributed by atoms with Crippen molar-refractivity contribution in [2.45, 2.75) is 37.8 Å². The van der Waals surface area contributed by atoms with Crippen molar-refractivity contribution in [3.63, 3.8) is 0 Å². The minimum atomic E-state index is -0.343. The Morgan fingerprint density at radius 1 is 1.04 bits per heavy atom. The van der Waals surface area contributed by atoms with Gasteiger partial charge < -0.3 is 15.5 Å². The van der Waals surface area contributed by atoms with Crippen LogP contribution in [0.5, 0.6) is 0 Å². The van der Waals surface area contributed by atoms with Gasteiger partial charge in [-0.25, -0.2) is 0 Å². The lowest BCUT2D eigenvalue weighted by Gasteiger charge is -2.43. The molecule has 1 aliphatic carbocycles. The lowest BCUT2D eigenvalue weighted by atomic mass is 9.80. The molecule has 1 aromatic rings. The number of amides is 1. The molecule has 3 aliphatic rings. The van der Waals surface area contributed by atoms with Gasteiger partial charge in [0.25, 0.3) is 0 Å². The van der Waals surface area contributed by atoms with E-state index in [-0.39, 0.29) is 11.9 Å². The normalized spacial score (nSPS) is 27.7. The first kappa shape index (κ1) is 18.8. The van der Waals surface area contributed by atoms with E-state index in [2.05, 4.69) is 40.1 Å². The highest BCUT2D eigenvalue weighted by atomic mass is 32.2. The van der Waals surface area contributed by atoms with Crippen LogP contribution in [0.3, 0.4) is 0 Å². The van der Waals surface area contributed by atoms with Crippen LogP contribution in [0, 0.1) is 5.92 Å². The maximum absolute atomic E-state index is 12.5. The first-order valence-corrected chi connectivity index (χ1v) is 11.2. The summed E-state index contributed by atoms with van der Waals surface area (Å²) in [5.41, 5.74) is 7.66. The summed E-state index contributed by atoms with van der Waals surface area (Å²) in [6.45, 7) is 4.46. The lowest BCUT2D eigenvalue weighted by molar-refractivity contribution is -0.130. The van der Waals surface area contributed by atoms with Crippen molar-refractivity contribution in [3.8, 4) is 0 Å². The van der Waals surface area contributed by atoms with Crippen molar-refractivity contribution >= 4 is 23.4 Å². The molecule has 0 aromatic heterocycles. The number of nitrogens with zero attached hydrogens (tertiary/aromatic N) is 3. The molecule has 2 aliphatic heterocycles. The topological polar surface area (TPSA) is 52.8 Å². The van der Waals surface area contributed by atoms with Crippen molar-refractivity contribution in [2.75, 3.05) is 37.0 Å².